The SMILES string of the molecule is CC(C)CNC(=O)c1ccccc1NC(=O)CN(c1ccccc1)S(=O)(=O)c1ccccc1. The number of benzene rings is 3. The fourth-order valence-corrected chi connectivity index (χ4v) is 4.57. The van der Waals surface area contributed by atoms with E-state index in [9.17, 15) is 18.0 Å². The maximum absolute atomic E-state index is 13.3. The Labute approximate surface area is 194 Å². The Morgan fingerprint density at radius 1 is 0.848 bits per heavy atom. The summed E-state index contributed by atoms with van der Waals surface area (Å²) >= 11 is 0. The van der Waals surface area contributed by atoms with Crippen LogP contribution in [0, 0.1) is 5.92 Å². The summed E-state index contributed by atoms with van der Waals surface area (Å²) in [6.07, 6.45) is 0. The molecule has 0 heterocycles. The van der Waals surface area contributed by atoms with Crippen LogP contribution in [0.25, 0.3) is 0 Å². The highest BCUT2D eigenvalue weighted by Crippen LogP contribution is 2.24. The van der Waals surface area contributed by atoms with Crippen LogP contribution in [0.1, 0.15) is 24.2 Å². The van der Waals surface area contributed by atoms with Crippen LogP contribution in [0.5, 0.6) is 0 Å². The van der Waals surface area contributed by atoms with Crippen LogP contribution in [0.4, 0.5) is 11.4 Å². The topological polar surface area (TPSA) is 95.6 Å². The number of rotatable bonds is 9. The zero-order valence-electron chi connectivity index (χ0n) is 18.6. The summed E-state index contributed by atoms with van der Waals surface area (Å²) in [6, 6.07) is 23.0. The molecule has 0 aromatic heterocycles. The summed E-state index contributed by atoms with van der Waals surface area (Å²) in [6.45, 7) is 4.01. The third-order valence-corrected chi connectivity index (χ3v) is 6.57. The van der Waals surface area contributed by atoms with Crippen molar-refractivity contribution < 1.29 is 18.0 Å². The van der Waals surface area contributed by atoms with E-state index in [1.165, 1.54) is 12.1 Å². The predicted molar refractivity (Wildman–Crippen MR) is 130 cm³/mol. The van der Waals surface area contributed by atoms with Gasteiger partial charge in [0.25, 0.3) is 15.9 Å². The van der Waals surface area contributed by atoms with Gasteiger partial charge >= 0.3 is 0 Å². The van der Waals surface area contributed by atoms with Crippen LogP contribution in [0.2, 0.25) is 0 Å². The predicted octanol–water partition coefficient (Wildman–Crippen LogP) is 3.91. The zero-order chi connectivity index (χ0) is 23.8. The number of hydrogen-bond donors (Lipinski definition) is 2. The molecule has 3 aromatic carbocycles. The second-order valence-electron chi connectivity index (χ2n) is 7.86. The Morgan fingerprint density at radius 3 is 2.06 bits per heavy atom. The molecule has 0 atom stereocenters. The van der Waals surface area contributed by atoms with Gasteiger partial charge in [0.2, 0.25) is 5.91 Å². The lowest BCUT2D eigenvalue weighted by atomic mass is 10.1. The molecule has 8 heteroatoms. The van der Waals surface area contributed by atoms with Gasteiger partial charge in [-0.25, -0.2) is 8.42 Å². The standard InChI is InChI=1S/C25H27N3O4S/c1-19(2)17-26-25(30)22-15-9-10-16-23(22)27-24(29)18-28(20-11-5-3-6-12-20)33(31,32)21-13-7-4-8-14-21/h3-16,19H,17-18H2,1-2H3,(H,26,30)(H,27,29). The van der Waals surface area contributed by atoms with E-state index in [1.54, 1.807) is 72.8 Å². The molecule has 7 nitrogen and oxygen atoms in total. The van der Waals surface area contributed by atoms with E-state index in [-0.39, 0.29) is 16.7 Å². The lowest BCUT2D eigenvalue weighted by molar-refractivity contribution is -0.114. The van der Waals surface area contributed by atoms with E-state index in [2.05, 4.69) is 10.6 Å². The largest absolute Gasteiger partial charge is 0.352 e. The van der Waals surface area contributed by atoms with Crippen LogP contribution in [-0.2, 0) is 14.8 Å². The molecule has 172 valence electrons. The van der Waals surface area contributed by atoms with Crippen LogP contribution in [-0.4, -0.2) is 33.3 Å². The Hall–Kier alpha value is -3.65. The quantitative estimate of drug-likeness (QED) is 0.501. The molecule has 2 N–H and O–H groups in total. The maximum atomic E-state index is 13.3. The minimum atomic E-state index is -3.99. The fourth-order valence-electron chi connectivity index (χ4n) is 3.13. The van der Waals surface area contributed by atoms with Crippen molar-refractivity contribution in [3.8, 4) is 0 Å². The fraction of sp³-hybridized carbons (Fsp3) is 0.200. The molecule has 3 rings (SSSR count). The number of carbonyl (C=O) groups is 2. The van der Waals surface area contributed by atoms with E-state index in [1.807, 2.05) is 13.8 Å². The molecular weight excluding hydrogens is 438 g/mol. The number of carbonyl (C=O) groups excluding carboxylic acids is 2. The Kier molecular flexibility index (Phi) is 7.84. The third-order valence-electron chi connectivity index (χ3n) is 4.78. The number of nitrogens with zero attached hydrogens (tertiary/aromatic N) is 1. The highest BCUT2D eigenvalue weighted by atomic mass is 32.2. The van der Waals surface area contributed by atoms with Crippen molar-refractivity contribution in [2.45, 2.75) is 18.7 Å². The van der Waals surface area contributed by atoms with Gasteiger partial charge in [0.1, 0.15) is 6.54 Å². The minimum absolute atomic E-state index is 0.0788. The molecule has 0 spiro atoms. The molecule has 0 fully saturated rings. The van der Waals surface area contributed by atoms with Gasteiger partial charge in [-0.05, 0) is 42.3 Å². The number of para-hydroxylation sites is 2. The first-order valence-electron chi connectivity index (χ1n) is 10.6. The monoisotopic (exact) mass is 465 g/mol. The van der Waals surface area contributed by atoms with Gasteiger partial charge in [-0.2, -0.15) is 0 Å². The average molecular weight is 466 g/mol. The van der Waals surface area contributed by atoms with Gasteiger partial charge in [-0.1, -0.05) is 62.4 Å². The highest BCUT2D eigenvalue weighted by molar-refractivity contribution is 7.92. The van der Waals surface area contributed by atoms with Crippen LogP contribution >= 0.6 is 0 Å². The van der Waals surface area contributed by atoms with Crippen LogP contribution < -0.4 is 14.9 Å². The highest BCUT2D eigenvalue weighted by Gasteiger charge is 2.27. The van der Waals surface area contributed by atoms with Crippen molar-refractivity contribution in [1.29, 1.82) is 0 Å². The number of sulfonamides is 1. The van der Waals surface area contributed by atoms with Crippen LogP contribution in [0.3, 0.4) is 0 Å². The van der Waals surface area contributed by atoms with Crippen molar-refractivity contribution in [3.05, 3.63) is 90.5 Å². The van der Waals surface area contributed by atoms with E-state index in [0.717, 1.165) is 4.31 Å². The van der Waals surface area contributed by atoms with Crippen molar-refractivity contribution >= 4 is 33.2 Å². The van der Waals surface area contributed by atoms with Crippen LogP contribution in [0.15, 0.2) is 89.8 Å². The first kappa shape index (κ1) is 24.0. The number of hydrogen-bond acceptors (Lipinski definition) is 4. The summed E-state index contributed by atoms with van der Waals surface area (Å²) in [5, 5.41) is 5.52. The van der Waals surface area contributed by atoms with E-state index >= 15 is 0 Å². The van der Waals surface area contributed by atoms with E-state index in [4.69, 9.17) is 0 Å². The number of amides is 2. The summed E-state index contributed by atoms with van der Waals surface area (Å²) in [5.74, 6) is -0.600. The Balaban J connectivity index is 1.86. The van der Waals surface area contributed by atoms with Gasteiger partial charge < -0.3 is 10.6 Å². The van der Waals surface area contributed by atoms with Gasteiger partial charge in [0.05, 0.1) is 21.8 Å². The Morgan fingerprint density at radius 2 is 1.42 bits per heavy atom. The molecule has 0 bridgehead atoms. The zero-order valence-corrected chi connectivity index (χ0v) is 19.4. The molecule has 0 aliphatic rings. The summed E-state index contributed by atoms with van der Waals surface area (Å²) in [7, 11) is -3.99. The molecule has 0 unspecified atom stereocenters. The molecule has 0 saturated carbocycles. The van der Waals surface area contributed by atoms with Crippen molar-refractivity contribution in [3.63, 3.8) is 0 Å². The number of nitrogens with one attached hydrogen (secondary N) is 2. The van der Waals surface area contributed by atoms with Gasteiger partial charge in [0, 0.05) is 6.54 Å². The lowest BCUT2D eigenvalue weighted by Crippen LogP contribution is -2.38. The molecule has 0 aliphatic carbocycles. The van der Waals surface area contributed by atoms with Crippen molar-refractivity contribution in [1.82, 2.24) is 5.32 Å². The third kappa shape index (κ3) is 6.20. The minimum Gasteiger partial charge on any atom is -0.352 e. The second kappa shape index (κ2) is 10.8. The summed E-state index contributed by atoms with van der Waals surface area (Å²) < 4.78 is 27.7. The normalized spacial score (nSPS) is 11.1. The lowest BCUT2D eigenvalue weighted by Gasteiger charge is -2.24. The maximum Gasteiger partial charge on any atom is 0.264 e. The molecule has 2 amide bonds. The van der Waals surface area contributed by atoms with E-state index in [0.29, 0.717) is 23.5 Å². The van der Waals surface area contributed by atoms with Gasteiger partial charge in [0.15, 0.2) is 0 Å². The summed E-state index contributed by atoms with van der Waals surface area (Å²) in [4.78, 5) is 25.6. The molecule has 0 radical (unpaired) electrons. The van der Waals surface area contributed by atoms with Gasteiger partial charge in [-0.15, -0.1) is 0 Å². The molecule has 3 aromatic rings. The Bertz CT molecular complexity index is 1200. The number of anilines is 2. The van der Waals surface area contributed by atoms with Crippen molar-refractivity contribution in [2.24, 2.45) is 5.92 Å². The molecule has 33 heavy (non-hydrogen) atoms. The molecule has 0 saturated heterocycles. The van der Waals surface area contributed by atoms with Gasteiger partial charge in [-0.3, -0.25) is 13.9 Å². The first-order valence-corrected chi connectivity index (χ1v) is 12.0. The first-order chi connectivity index (χ1) is 15.8. The smallest absolute Gasteiger partial charge is 0.264 e. The van der Waals surface area contributed by atoms with Crippen molar-refractivity contribution in [2.75, 3.05) is 22.7 Å². The molecule has 0 aliphatic heterocycles. The van der Waals surface area contributed by atoms with E-state index < -0.39 is 22.5 Å². The summed E-state index contributed by atoms with van der Waals surface area (Å²) in [5.41, 5.74) is 0.983. The average Bonchev–Trinajstić information content (AvgIpc) is 2.82. The second-order valence-corrected chi connectivity index (χ2v) is 9.72. The molecular formula is C25H27N3O4S.